The molecule has 0 spiro atoms. The number of carboxylic acids is 1. The van der Waals surface area contributed by atoms with Gasteiger partial charge in [0.25, 0.3) is 0 Å². The molecule has 0 atom stereocenters. The molecule has 0 bridgehead atoms. The van der Waals surface area contributed by atoms with Crippen LogP contribution in [0.1, 0.15) is 5.56 Å². The molecule has 0 aliphatic heterocycles. The van der Waals surface area contributed by atoms with Crippen molar-refractivity contribution >= 4 is 5.97 Å². The number of aliphatic carboxylic acids is 1. The predicted octanol–water partition coefficient (Wildman–Crippen LogP) is 3.41. The molecule has 0 saturated heterocycles. The van der Waals surface area contributed by atoms with Gasteiger partial charge in [0, 0.05) is 22.9 Å². The third-order valence-electron chi connectivity index (χ3n) is 2.74. The summed E-state index contributed by atoms with van der Waals surface area (Å²) in [6.07, 6.45) is -3.72. The van der Waals surface area contributed by atoms with E-state index in [2.05, 4.69) is 9.72 Å². The third-order valence-corrected chi connectivity index (χ3v) is 2.74. The normalized spacial score (nSPS) is 11.3. The van der Waals surface area contributed by atoms with Gasteiger partial charge in [-0.2, -0.15) is 0 Å². The summed E-state index contributed by atoms with van der Waals surface area (Å²) in [5.41, 5.74) is -0.425. The zero-order valence-corrected chi connectivity index (χ0v) is 10.9. The SMILES string of the molecule is O=C(O)Cc1c(F)cncc1-c1ccccc1OC(F)(F)F. The summed E-state index contributed by atoms with van der Waals surface area (Å²) < 4.78 is 54.9. The summed E-state index contributed by atoms with van der Waals surface area (Å²) in [6.45, 7) is 0. The molecule has 0 aliphatic rings. The Labute approximate surface area is 122 Å². The molecule has 2 rings (SSSR count). The highest BCUT2D eigenvalue weighted by atomic mass is 19.4. The Kier molecular flexibility index (Phi) is 4.30. The van der Waals surface area contributed by atoms with Crippen LogP contribution >= 0.6 is 0 Å². The number of hydrogen-bond donors (Lipinski definition) is 1. The number of carboxylic acid groups (broad SMARTS) is 1. The van der Waals surface area contributed by atoms with Crippen molar-refractivity contribution in [2.24, 2.45) is 0 Å². The molecule has 0 saturated carbocycles. The van der Waals surface area contributed by atoms with Gasteiger partial charge in [0.1, 0.15) is 11.6 Å². The van der Waals surface area contributed by atoms with Crippen LogP contribution in [0.4, 0.5) is 17.6 Å². The van der Waals surface area contributed by atoms with Gasteiger partial charge in [-0.15, -0.1) is 13.2 Å². The molecule has 22 heavy (non-hydrogen) atoms. The first-order valence-corrected chi connectivity index (χ1v) is 5.97. The van der Waals surface area contributed by atoms with Gasteiger partial charge in [0.15, 0.2) is 0 Å². The second-order valence-electron chi connectivity index (χ2n) is 4.26. The van der Waals surface area contributed by atoms with Gasteiger partial charge in [-0.1, -0.05) is 18.2 Å². The molecule has 1 aromatic heterocycles. The van der Waals surface area contributed by atoms with Gasteiger partial charge in [0.2, 0.25) is 0 Å². The smallest absolute Gasteiger partial charge is 0.481 e. The van der Waals surface area contributed by atoms with Crippen LogP contribution in [-0.4, -0.2) is 22.4 Å². The third kappa shape index (κ3) is 3.72. The minimum Gasteiger partial charge on any atom is -0.481 e. The van der Waals surface area contributed by atoms with Crippen molar-refractivity contribution in [1.29, 1.82) is 0 Å². The van der Waals surface area contributed by atoms with E-state index in [1.165, 1.54) is 18.2 Å². The number of aromatic nitrogens is 1. The van der Waals surface area contributed by atoms with E-state index in [1.54, 1.807) is 0 Å². The van der Waals surface area contributed by atoms with Crippen molar-refractivity contribution in [1.82, 2.24) is 4.98 Å². The summed E-state index contributed by atoms with van der Waals surface area (Å²) in [6, 6.07) is 5.06. The van der Waals surface area contributed by atoms with Gasteiger partial charge in [-0.25, -0.2) is 4.39 Å². The van der Waals surface area contributed by atoms with Crippen LogP contribution < -0.4 is 4.74 Å². The summed E-state index contributed by atoms with van der Waals surface area (Å²) in [4.78, 5) is 14.4. The molecule has 0 radical (unpaired) electrons. The molecule has 116 valence electrons. The quantitative estimate of drug-likeness (QED) is 0.878. The van der Waals surface area contributed by atoms with Gasteiger partial charge < -0.3 is 9.84 Å². The zero-order valence-electron chi connectivity index (χ0n) is 10.9. The van der Waals surface area contributed by atoms with Crippen LogP contribution in [0.15, 0.2) is 36.7 Å². The highest BCUT2D eigenvalue weighted by Gasteiger charge is 2.32. The van der Waals surface area contributed by atoms with E-state index in [0.717, 1.165) is 18.5 Å². The second kappa shape index (κ2) is 6.00. The van der Waals surface area contributed by atoms with Gasteiger partial charge >= 0.3 is 12.3 Å². The first-order chi connectivity index (χ1) is 10.3. The number of para-hydroxylation sites is 1. The number of carbonyl (C=O) groups is 1. The summed E-state index contributed by atoms with van der Waals surface area (Å²) in [7, 11) is 0. The lowest BCUT2D eigenvalue weighted by Crippen LogP contribution is -2.17. The lowest BCUT2D eigenvalue weighted by molar-refractivity contribution is -0.274. The van der Waals surface area contributed by atoms with E-state index in [-0.39, 0.29) is 16.7 Å². The number of benzene rings is 1. The number of hydrogen-bond acceptors (Lipinski definition) is 3. The Balaban J connectivity index is 2.57. The van der Waals surface area contributed by atoms with Gasteiger partial charge in [-0.3, -0.25) is 9.78 Å². The highest BCUT2D eigenvalue weighted by Crippen LogP contribution is 2.35. The van der Waals surface area contributed by atoms with Crippen LogP contribution in [0.3, 0.4) is 0 Å². The fraction of sp³-hybridized carbons (Fsp3) is 0.143. The lowest BCUT2D eigenvalue weighted by Gasteiger charge is -2.15. The minimum absolute atomic E-state index is 0.0674. The molecule has 8 heteroatoms. The van der Waals surface area contributed by atoms with E-state index in [9.17, 15) is 22.4 Å². The molecule has 1 heterocycles. The average Bonchev–Trinajstić information content (AvgIpc) is 2.40. The number of halogens is 4. The monoisotopic (exact) mass is 315 g/mol. The lowest BCUT2D eigenvalue weighted by atomic mass is 9.99. The molecular formula is C14H9F4NO3. The van der Waals surface area contributed by atoms with Crippen molar-refractivity contribution < 1.29 is 32.2 Å². The fourth-order valence-corrected chi connectivity index (χ4v) is 1.93. The largest absolute Gasteiger partial charge is 0.573 e. The average molecular weight is 315 g/mol. The van der Waals surface area contributed by atoms with Crippen molar-refractivity contribution in [3.8, 4) is 16.9 Å². The number of alkyl halides is 3. The topological polar surface area (TPSA) is 59.4 Å². The first kappa shape index (κ1) is 15.7. The molecule has 0 fully saturated rings. The first-order valence-electron chi connectivity index (χ1n) is 5.97. The van der Waals surface area contributed by atoms with Crippen LogP contribution in [0, 0.1) is 5.82 Å². The maximum Gasteiger partial charge on any atom is 0.573 e. The molecule has 0 amide bonds. The zero-order chi connectivity index (χ0) is 16.3. The van der Waals surface area contributed by atoms with Crippen molar-refractivity contribution in [3.63, 3.8) is 0 Å². The maximum atomic E-state index is 13.8. The van der Waals surface area contributed by atoms with Crippen LogP contribution in [0.25, 0.3) is 11.1 Å². The van der Waals surface area contributed by atoms with Crippen molar-refractivity contribution in [3.05, 3.63) is 48.0 Å². The minimum atomic E-state index is -4.93. The van der Waals surface area contributed by atoms with E-state index < -0.39 is 30.3 Å². The maximum absolute atomic E-state index is 13.8. The van der Waals surface area contributed by atoms with Crippen LogP contribution in [0.2, 0.25) is 0 Å². The standard InChI is InChI=1S/C14H9F4NO3/c15-11-7-19-6-10(9(11)5-13(20)21)8-3-1-2-4-12(8)22-14(16,17)18/h1-4,6-7H,5H2,(H,20,21). The molecule has 1 N–H and O–H groups in total. The van der Waals surface area contributed by atoms with Crippen molar-refractivity contribution in [2.75, 3.05) is 0 Å². The molecule has 2 aromatic rings. The van der Waals surface area contributed by atoms with E-state index >= 15 is 0 Å². The van der Waals surface area contributed by atoms with E-state index in [0.29, 0.717) is 0 Å². The van der Waals surface area contributed by atoms with Gasteiger partial charge in [-0.05, 0) is 6.07 Å². The second-order valence-corrected chi connectivity index (χ2v) is 4.26. The Morgan fingerprint density at radius 1 is 1.18 bits per heavy atom. The number of ether oxygens (including phenoxy) is 1. The Morgan fingerprint density at radius 3 is 2.50 bits per heavy atom. The number of rotatable bonds is 4. The molecular weight excluding hydrogens is 306 g/mol. The predicted molar refractivity (Wildman–Crippen MR) is 67.7 cm³/mol. The van der Waals surface area contributed by atoms with E-state index in [4.69, 9.17) is 5.11 Å². The molecule has 0 unspecified atom stereocenters. The van der Waals surface area contributed by atoms with Gasteiger partial charge in [0.05, 0.1) is 12.6 Å². The van der Waals surface area contributed by atoms with Crippen LogP contribution in [-0.2, 0) is 11.2 Å². The fourth-order valence-electron chi connectivity index (χ4n) is 1.93. The molecule has 0 aliphatic carbocycles. The number of pyridine rings is 1. The molecule has 1 aromatic carbocycles. The van der Waals surface area contributed by atoms with Crippen LogP contribution in [0.5, 0.6) is 5.75 Å². The van der Waals surface area contributed by atoms with E-state index in [1.807, 2.05) is 0 Å². The Hall–Kier alpha value is -2.64. The summed E-state index contributed by atoms with van der Waals surface area (Å²) in [5, 5.41) is 8.82. The summed E-state index contributed by atoms with van der Waals surface area (Å²) in [5.74, 6) is -2.80. The van der Waals surface area contributed by atoms with Crippen molar-refractivity contribution in [2.45, 2.75) is 12.8 Å². The molecule has 4 nitrogen and oxygen atoms in total. The highest BCUT2D eigenvalue weighted by molar-refractivity contribution is 5.78. The Morgan fingerprint density at radius 2 is 1.86 bits per heavy atom. The summed E-state index contributed by atoms with van der Waals surface area (Å²) >= 11 is 0. The number of nitrogens with zero attached hydrogens (tertiary/aromatic N) is 1. The Bertz CT molecular complexity index is 701.